The lowest BCUT2D eigenvalue weighted by Crippen LogP contribution is -2.45. The van der Waals surface area contributed by atoms with Gasteiger partial charge in [0.1, 0.15) is 0 Å². The summed E-state index contributed by atoms with van der Waals surface area (Å²) >= 11 is 0. The number of hydrogen-bond donors (Lipinski definition) is 0. The van der Waals surface area contributed by atoms with Crippen molar-refractivity contribution >= 4 is 11.7 Å². The lowest BCUT2D eigenvalue weighted by atomic mass is 9.88. The van der Waals surface area contributed by atoms with E-state index in [0.29, 0.717) is 0 Å². The van der Waals surface area contributed by atoms with E-state index in [2.05, 4.69) is 50.8 Å². The Balaban J connectivity index is 2.37. The fraction of sp³-hybridized carbons (Fsp3) is 0.562. The number of anilines is 1. The lowest BCUT2D eigenvalue weighted by molar-refractivity contribution is -0.146. The second-order valence-electron chi connectivity index (χ2n) is 5.96. The molecule has 1 aliphatic rings. The van der Waals surface area contributed by atoms with Crippen LogP contribution in [0.4, 0.5) is 5.69 Å². The average Bonchev–Trinajstić information content (AvgIpc) is 2.67. The van der Waals surface area contributed by atoms with Crippen molar-refractivity contribution < 1.29 is 9.53 Å². The Morgan fingerprint density at radius 3 is 2.68 bits per heavy atom. The molecule has 104 valence electrons. The summed E-state index contributed by atoms with van der Waals surface area (Å²) in [6, 6.07) is 6.47. The molecule has 3 nitrogen and oxygen atoms in total. The zero-order chi connectivity index (χ0) is 14.2. The number of esters is 1. The minimum absolute atomic E-state index is 0.0580. The highest BCUT2D eigenvalue weighted by atomic mass is 16.5. The van der Waals surface area contributed by atoms with E-state index in [1.807, 2.05) is 0 Å². The first kappa shape index (κ1) is 13.9. The number of carbonyl (C=O) groups is 1. The van der Waals surface area contributed by atoms with Crippen LogP contribution in [0.2, 0.25) is 0 Å². The maximum atomic E-state index is 11.9. The van der Waals surface area contributed by atoms with Gasteiger partial charge in [0.25, 0.3) is 0 Å². The third-order valence-corrected chi connectivity index (χ3v) is 4.33. The Hall–Kier alpha value is -1.51. The monoisotopic (exact) mass is 261 g/mol. The van der Waals surface area contributed by atoms with Crippen molar-refractivity contribution in [3.8, 4) is 0 Å². The van der Waals surface area contributed by atoms with Gasteiger partial charge in [0.15, 0.2) is 0 Å². The molecule has 1 unspecified atom stereocenters. The zero-order valence-corrected chi connectivity index (χ0v) is 12.5. The third kappa shape index (κ3) is 2.34. The number of rotatable bonds is 2. The molecule has 1 atom stereocenters. The van der Waals surface area contributed by atoms with Crippen LogP contribution in [0.3, 0.4) is 0 Å². The highest BCUT2D eigenvalue weighted by molar-refractivity contribution is 5.76. The lowest BCUT2D eigenvalue weighted by Gasteiger charge is -2.37. The number of hydrogen-bond acceptors (Lipinski definition) is 3. The van der Waals surface area contributed by atoms with Crippen molar-refractivity contribution in [1.29, 1.82) is 0 Å². The van der Waals surface area contributed by atoms with Gasteiger partial charge in [-0.3, -0.25) is 4.79 Å². The van der Waals surface area contributed by atoms with Crippen LogP contribution < -0.4 is 4.90 Å². The standard InChI is InChI=1S/C16H23NO2/c1-11-6-7-12(2)14(10-11)17-9-8-13(15(18)19-5)16(17,3)4/h6-7,10,13H,8-9H2,1-5H3. The topological polar surface area (TPSA) is 29.5 Å². The molecule has 1 aromatic rings. The largest absolute Gasteiger partial charge is 0.469 e. The van der Waals surface area contributed by atoms with Crippen LogP contribution in [0.1, 0.15) is 31.4 Å². The van der Waals surface area contributed by atoms with Gasteiger partial charge in [-0.05, 0) is 51.3 Å². The van der Waals surface area contributed by atoms with E-state index in [1.54, 1.807) is 0 Å². The molecule has 2 rings (SSSR count). The van der Waals surface area contributed by atoms with Crippen molar-refractivity contribution in [2.24, 2.45) is 5.92 Å². The van der Waals surface area contributed by atoms with Gasteiger partial charge >= 0.3 is 5.97 Å². The summed E-state index contributed by atoms with van der Waals surface area (Å²) in [4.78, 5) is 14.3. The smallest absolute Gasteiger partial charge is 0.311 e. The van der Waals surface area contributed by atoms with Gasteiger partial charge in [-0.1, -0.05) is 12.1 Å². The molecule has 0 radical (unpaired) electrons. The van der Waals surface area contributed by atoms with E-state index >= 15 is 0 Å². The molecule has 1 aliphatic heterocycles. The normalized spacial score (nSPS) is 21.5. The molecule has 1 heterocycles. The maximum absolute atomic E-state index is 11.9. The van der Waals surface area contributed by atoms with E-state index in [9.17, 15) is 4.79 Å². The molecule has 0 amide bonds. The molecule has 0 bridgehead atoms. The Morgan fingerprint density at radius 2 is 2.05 bits per heavy atom. The van der Waals surface area contributed by atoms with Crippen LogP contribution in [-0.4, -0.2) is 25.2 Å². The molecule has 1 fully saturated rings. The van der Waals surface area contributed by atoms with E-state index < -0.39 is 0 Å². The number of nitrogens with zero attached hydrogens (tertiary/aromatic N) is 1. The highest BCUT2D eigenvalue weighted by Gasteiger charge is 2.46. The summed E-state index contributed by atoms with van der Waals surface area (Å²) in [6.45, 7) is 9.38. The average molecular weight is 261 g/mol. The summed E-state index contributed by atoms with van der Waals surface area (Å²) in [5.74, 6) is -0.157. The Labute approximate surface area is 115 Å². The van der Waals surface area contributed by atoms with Gasteiger partial charge in [0, 0.05) is 17.8 Å². The van der Waals surface area contributed by atoms with Gasteiger partial charge in [0.2, 0.25) is 0 Å². The van der Waals surface area contributed by atoms with Crippen LogP contribution in [0, 0.1) is 19.8 Å². The SMILES string of the molecule is COC(=O)C1CCN(c2cc(C)ccc2C)C1(C)C. The van der Waals surface area contributed by atoms with Crippen LogP contribution in [0.15, 0.2) is 18.2 Å². The third-order valence-electron chi connectivity index (χ3n) is 4.33. The zero-order valence-electron chi connectivity index (χ0n) is 12.5. The first-order valence-electron chi connectivity index (χ1n) is 6.80. The van der Waals surface area contributed by atoms with Crippen molar-refractivity contribution in [2.75, 3.05) is 18.6 Å². The fourth-order valence-corrected chi connectivity index (χ4v) is 3.08. The van der Waals surface area contributed by atoms with Crippen molar-refractivity contribution in [3.63, 3.8) is 0 Å². The predicted molar refractivity (Wildman–Crippen MR) is 77.5 cm³/mol. The number of ether oxygens (including phenoxy) is 1. The van der Waals surface area contributed by atoms with Gasteiger partial charge in [-0.25, -0.2) is 0 Å². The van der Waals surface area contributed by atoms with Gasteiger partial charge < -0.3 is 9.64 Å². The number of benzene rings is 1. The van der Waals surface area contributed by atoms with E-state index in [4.69, 9.17) is 4.74 Å². The second kappa shape index (κ2) is 4.87. The molecule has 0 saturated carbocycles. The molecule has 0 spiro atoms. The molecule has 0 N–H and O–H groups in total. The number of carbonyl (C=O) groups excluding carboxylic acids is 1. The van der Waals surface area contributed by atoms with Crippen molar-refractivity contribution in [1.82, 2.24) is 0 Å². The van der Waals surface area contributed by atoms with Crippen LogP contribution >= 0.6 is 0 Å². The van der Waals surface area contributed by atoms with Crippen LogP contribution in [0.25, 0.3) is 0 Å². The van der Waals surface area contributed by atoms with E-state index in [1.165, 1.54) is 23.9 Å². The first-order chi connectivity index (χ1) is 8.87. The summed E-state index contributed by atoms with van der Waals surface area (Å²) in [5, 5.41) is 0. The van der Waals surface area contributed by atoms with E-state index in [0.717, 1.165) is 13.0 Å². The number of aryl methyl sites for hydroxylation is 2. The minimum Gasteiger partial charge on any atom is -0.469 e. The maximum Gasteiger partial charge on any atom is 0.311 e. The Morgan fingerprint density at radius 1 is 1.37 bits per heavy atom. The van der Waals surface area contributed by atoms with Crippen molar-refractivity contribution in [2.45, 2.75) is 39.7 Å². The quantitative estimate of drug-likeness (QED) is 0.766. The fourth-order valence-electron chi connectivity index (χ4n) is 3.08. The summed E-state index contributed by atoms with van der Waals surface area (Å²) in [6.07, 6.45) is 0.854. The van der Waals surface area contributed by atoms with Crippen LogP contribution in [-0.2, 0) is 9.53 Å². The summed E-state index contributed by atoms with van der Waals surface area (Å²) < 4.78 is 4.94. The molecule has 0 aromatic heterocycles. The van der Waals surface area contributed by atoms with Gasteiger partial charge in [0.05, 0.1) is 13.0 Å². The first-order valence-corrected chi connectivity index (χ1v) is 6.80. The molecule has 1 aromatic carbocycles. The van der Waals surface area contributed by atoms with Gasteiger partial charge in [-0.2, -0.15) is 0 Å². The molecule has 1 saturated heterocycles. The highest BCUT2D eigenvalue weighted by Crippen LogP contribution is 2.40. The number of methoxy groups -OCH3 is 1. The predicted octanol–water partition coefficient (Wildman–Crippen LogP) is 3.08. The second-order valence-corrected chi connectivity index (χ2v) is 5.96. The molecular weight excluding hydrogens is 238 g/mol. The molecular formula is C16H23NO2. The molecule has 19 heavy (non-hydrogen) atoms. The molecule has 0 aliphatic carbocycles. The van der Waals surface area contributed by atoms with Gasteiger partial charge in [-0.15, -0.1) is 0 Å². The van der Waals surface area contributed by atoms with Crippen LogP contribution in [0.5, 0.6) is 0 Å². The molecule has 3 heteroatoms. The van der Waals surface area contributed by atoms with Crippen molar-refractivity contribution in [3.05, 3.63) is 29.3 Å². The Kier molecular flexibility index (Phi) is 3.57. The minimum atomic E-state index is -0.203. The van der Waals surface area contributed by atoms with E-state index in [-0.39, 0.29) is 17.4 Å². The summed E-state index contributed by atoms with van der Waals surface area (Å²) in [5.41, 5.74) is 3.53. The summed E-state index contributed by atoms with van der Waals surface area (Å²) in [7, 11) is 1.47. The Bertz CT molecular complexity index is 494.